The minimum atomic E-state index is 0.0726. The Morgan fingerprint density at radius 1 is 0.667 bits per heavy atom. The molecule has 0 amide bonds. The largest absolute Gasteiger partial charge is 0.507 e. The number of rotatable bonds is 9. The van der Waals surface area contributed by atoms with Gasteiger partial charge in [0.1, 0.15) is 11.5 Å². The van der Waals surface area contributed by atoms with E-state index in [1.807, 2.05) is 24.3 Å². The molecule has 45 heavy (non-hydrogen) atoms. The van der Waals surface area contributed by atoms with Crippen LogP contribution < -0.4 is 24.3 Å². The van der Waals surface area contributed by atoms with Gasteiger partial charge >= 0.3 is 0 Å². The van der Waals surface area contributed by atoms with E-state index in [0.29, 0.717) is 23.3 Å². The Hall–Kier alpha value is -4.40. The zero-order valence-corrected chi connectivity index (χ0v) is 26.6. The number of nitrogens with zero attached hydrogens (tertiary/aromatic N) is 1. The summed E-state index contributed by atoms with van der Waals surface area (Å²) in [7, 11) is 8.78. The molecule has 2 aliphatic rings. The predicted octanol–water partition coefficient (Wildman–Crippen LogP) is 6.00. The van der Waals surface area contributed by atoms with Gasteiger partial charge in [-0.05, 0) is 121 Å². The lowest BCUT2D eigenvalue weighted by Crippen LogP contribution is -2.33. The second-order valence-electron chi connectivity index (χ2n) is 11.9. The molecule has 8 heteroatoms. The van der Waals surface area contributed by atoms with Crippen molar-refractivity contribution in [3.63, 3.8) is 0 Å². The zero-order chi connectivity index (χ0) is 31.7. The average molecular weight is 611 g/mol. The molecule has 0 radical (unpaired) electrons. The number of hydrogen-bond donors (Lipinski definition) is 3. The summed E-state index contributed by atoms with van der Waals surface area (Å²) in [5.74, 6) is 3.17. The van der Waals surface area contributed by atoms with Crippen molar-refractivity contribution in [1.29, 1.82) is 0 Å². The second kappa shape index (κ2) is 12.9. The van der Waals surface area contributed by atoms with Gasteiger partial charge in [0.15, 0.2) is 23.0 Å². The number of ether oxygens (including phenoxy) is 4. The highest BCUT2D eigenvalue weighted by atomic mass is 16.5. The molecule has 4 aromatic carbocycles. The Balaban J connectivity index is 1.30. The molecule has 0 spiro atoms. The number of hydrogen-bond acceptors (Lipinski definition) is 8. The van der Waals surface area contributed by atoms with Crippen LogP contribution in [0.25, 0.3) is 11.1 Å². The van der Waals surface area contributed by atoms with Crippen molar-refractivity contribution in [2.24, 2.45) is 0 Å². The maximum Gasteiger partial charge on any atom is 0.161 e. The summed E-state index contributed by atoms with van der Waals surface area (Å²) >= 11 is 0. The highest BCUT2D eigenvalue weighted by molar-refractivity contribution is 5.76. The lowest BCUT2D eigenvalue weighted by molar-refractivity contribution is 0.228. The first-order chi connectivity index (χ1) is 21.8. The van der Waals surface area contributed by atoms with Gasteiger partial charge in [0, 0.05) is 29.8 Å². The van der Waals surface area contributed by atoms with Crippen LogP contribution >= 0.6 is 0 Å². The smallest absolute Gasteiger partial charge is 0.161 e. The van der Waals surface area contributed by atoms with E-state index in [9.17, 15) is 10.2 Å². The van der Waals surface area contributed by atoms with E-state index in [1.165, 1.54) is 22.3 Å². The Labute approximate surface area is 265 Å². The van der Waals surface area contributed by atoms with Crippen LogP contribution in [0.1, 0.15) is 45.5 Å². The van der Waals surface area contributed by atoms with Gasteiger partial charge in [0.05, 0.1) is 28.4 Å². The third-order valence-electron chi connectivity index (χ3n) is 9.36. The molecular formula is C37H42N2O6. The van der Waals surface area contributed by atoms with Crippen LogP contribution in [0.3, 0.4) is 0 Å². The van der Waals surface area contributed by atoms with Crippen LogP contribution in [0.2, 0.25) is 0 Å². The van der Waals surface area contributed by atoms with E-state index in [4.69, 9.17) is 18.9 Å². The van der Waals surface area contributed by atoms with Gasteiger partial charge in [0.2, 0.25) is 0 Å². The maximum atomic E-state index is 11.0. The number of fused-ring (bicyclic) bond motifs is 2. The maximum absolute atomic E-state index is 11.0. The van der Waals surface area contributed by atoms with E-state index in [2.05, 4.69) is 41.5 Å². The van der Waals surface area contributed by atoms with Crippen LogP contribution in [0.4, 0.5) is 0 Å². The average Bonchev–Trinajstić information content (AvgIpc) is 3.06. The number of phenols is 2. The summed E-state index contributed by atoms with van der Waals surface area (Å²) in [6, 6.07) is 19.9. The van der Waals surface area contributed by atoms with E-state index in [0.717, 1.165) is 60.7 Å². The van der Waals surface area contributed by atoms with Crippen LogP contribution in [0.5, 0.6) is 34.5 Å². The van der Waals surface area contributed by atoms with Gasteiger partial charge in [-0.2, -0.15) is 0 Å². The molecule has 0 saturated heterocycles. The van der Waals surface area contributed by atoms with Crippen LogP contribution in [-0.2, 0) is 25.7 Å². The van der Waals surface area contributed by atoms with E-state index < -0.39 is 0 Å². The highest BCUT2D eigenvalue weighted by Crippen LogP contribution is 2.42. The van der Waals surface area contributed by atoms with Crippen molar-refractivity contribution in [3.05, 3.63) is 94.0 Å². The summed E-state index contributed by atoms with van der Waals surface area (Å²) < 4.78 is 22.3. The SMILES string of the molecule is COc1cc2c(cc1OC)C(Cc1ccc(O)c(-c3cc(CC4c5cc(OC)c(OC)cc5CCN4C)ccc3O)c1)NCC2. The van der Waals surface area contributed by atoms with Crippen molar-refractivity contribution in [1.82, 2.24) is 10.2 Å². The van der Waals surface area contributed by atoms with Crippen LogP contribution in [-0.4, -0.2) is 63.7 Å². The van der Waals surface area contributed by atoms with Gasteiger partial charge in [-0.1, -0.05) is 12.1 Å². The minimum Gasteiger partial charge on any atom is -0.507 e. The third-order valence-corrected chi connectivity index (χ3v) is 9.36. The standard InChI is InChI=1S/C37H42N2O6/c1-39-13-11-25-19-35(43-3)37(45-5)21-27(25)31(39)17-23-7-9-33(41)29(15-23)28-14-22(6-8-32(28)40)16-30-26-20-36(44-4)34(42-2)18-24(26)10-12-38-30/h6-9,14-15,18-21,30-31,38,40-41H,10-13,16-17H2,1-5H3. The summed E-state index contributed by atoms with van der Waals surface area (Å²) in [5.41, 5.74) is 8.24. The number of methoxy groups -OCH3 is 4. The zero-order valence-electron chi connectivity index (χ0n) is 26.6. The molecule has 8 nitrogen and oxygen atoms in total. The van der Waals surface area contributed by atoms with Crippen molar-refractivity contribution < 1.29 is 29.2 Å². The van der Waals surface area contributed by atoms with Gasteiger partial charge in [-0.15, -0.1) is 0 Å². The number of nitrogens with one attached hydrogen (secondary N) is 1. The number of likely N-dealkylation sites (N-methyl/N-ethyl adjacent to an activating group) is 1. The summed E-state index contributed by atoms with van der Waals surface area (Å²) in [4.78, 5) is 2.36. The van der Waals surface area contributed by atoms with Gasteiger partial charge in [0.25, 0.3) is 0 Å². The van der Waals surface area contributed by atoms with Crippen molar-refractivity contribution in [2.75, 3.05) is 48.6 Å². The lowest BCUT2D eigenvalue weighted by Gasteiger charge is -2.35. The summed E-state index contributed by atoms with van der Waals surface area (Å²) in [6.07, 6.45) is 3.30. The number of aromatic hydroxyl groups is 2. The Kier molecular flexibility index (Phi) is 8.79. The van der Waals surface area contributed by atoms with Crippen molar-refractivity contribution in [3.8, 4) is 45.6 Å². The molecule has 2 heterocycles. The first-order valence-corrected chi connectivity index (χ1v) is 15.4. The molecule has 0 saturated carbocycles. The quantitative estimate of drug-likeness (QED) is 0.213. The third kappa shape index (κ3) is 6.00. The monoisotopic (exact) mass is 610 g/mol. The molecule has 2 unspecified atom stereocenters. The van der Waals surface area contributed by atoms with Crippen molar-refractivity contribution in [2.45, 2.75) is 37.8 Å². The Morgan fingerprint density at radius 3 is 1.76 bits per heavy atom. The number of benzene rings is 4. The molecule has 2 atom stereocenters. The van der Waals surface area contributed by atoms with E-state index in [-0.39, 0.29) is 23.6 Å². The molecule has 0 aromatic heterocycles. The van der Waals surface area contributed by atoms with Crippen molar-refractivity contribution >= 4 is 0 Å². The van der Waals surface area contributed by atoms with Gasteiger partial charge < -0.3 is 34.5 Å². The number of phenolic OH excluding ortho intramolecular Hbond substituents is 2. The normalized spacial score (nSPS) is 17.7. The van der Waals surface area contributed by atoms with Crippen LogP contribution in [0.15, 0.2) is 60.7 Å². The lowest BCUT2D eigenvalue weighted by atomic mass is 9.87. The highest BCUT2D eigenvalue weighted by Gasteiger charge is 2.28. The van der Waals surface area contributed by atoms with E-state index >= 15 is 0 Å². The molecule has 0 bridgehead atoms. The predicted molar refractivity (Wildman–Crippen MR) is 175 cm³/mol. The molecule has 2 aliphatic heterocycles. The molecule has 0 aliphatic carbocycles. The molecule has 3 N–H and O–H groups in total. The van der Waals surface area contributed by atoms with E-state index in [1.54, 1.807) is 40.6 Å². The fraction of sp³-hybridized carbons (Fsp3) is 0.351. The van der Waals surface area contributed by atoms with Gasteiger partial charge in [-0.25, -0.2) is 0 Å². The fourth-order valence-corrected chi connectivity index (χ4v) is 6.88. The first kappa shape index (κ1) is 30.6. The second-order valence-corrected chi connectivity index (χ2v) is 11.9. The van der Waals surface area contributed by atoms with Gasteiger partial charge in [-0.3, -0.25) is 4.90 Å². The molecule has 4 aromatic rings. The Bertz CT molecular complexity index is 1700. The summed E-state index contributed by atoms with van der Waals surface area (Å²) in [6.45, 7) is 1.79. The van der Waals surface area contributed by atoms with Crippen LogP contribution in [0, 0.1) is 0 Å². The minimum absolute atomic E-state index is 0.0726. The Morgan fingerprint density at radius 2 is 1.18 bits per heavy atom. The molecule has 236 valence electrons. The fourth-order valence-electron chi connectivity index (χ4n) is 6.88. The topological polar surface area (TPSA) is 92.7 Å². The molecule has 0 fully saturated rings. The summed E-state index contributed by atoms with van der Waals surface area (Å²) in [5, 5.41) is 25.7. The first-order valence-electron chi connectivity index (χ1n) is 15.4. The molecule has 6 rings (SSSR count). The molecular weight excluding hydrogens is 568 g/mol.